The number of benzene rings is 1. The summed E-state index contributed by atoms with van der Waals surface area (Å²) in [6.07, 6.45) is 4.20. The zero-order valence-electron chi connectivity index (χ0n) is 15.4. The molecule has 1 heterocycles. The first kappa shape index (κ1) is 19.3. The highest BCUT2D eigenvalue weighted by Crippen LogP contribution is 2.34. The minimum absolute atomic E-state index is 0.482. The molecule has 2 aromatic rings. The molecule has 1 aromatic carbocycles. The van der Waals surface area contributed by atoms with Crippen molar-refractivity contribution in [3.05, 3.63) is 28.9 Å². The van der Waals surface area contributed by atoms with Crippen molar-refractivity contribution in [2.45, 2.75) is 39.5 Å². The van der Waals surface area contributed by atoms with Gasteiger partial charge in [-0.1, -0.05) is 38.3 Å². The second-order valence-corrected chi connectivity index (χ2v) is 6.12. The maximum absolute atomic E-state index is 6.42. The number of hydrogen-bond donors (Lipinski definition) is 1. The first-order valence-corrected chi connectivity index (χ1v) is 9.05. The third kappa shape index (κ3) is 4.75. The molecule has 0 fully saturated rings. The Morgan fingerprint density at radius 2 is 1.88 bits per heavy atom. The molecule has 0 aliphatic heterocycles. The lowest BCUT2D eigenvalue weighted by molar-refractivity contribution is 0.398. The van der Waals surface area contributed by atoms with Gasteiger partial charge in [-0.15, -0.1) is 0 Å². The monoisotopic (exact) mass is 363 g/mol. The Balaban J connectivity index is 2.38. The van der Waals surface area contributed by atoms with E-state index >= 15 is 0 Å². The number of hydrogen-bond acceptors (Lipinski definition) is 5. The number of unbranched alkanes of at least 4 members (excludes halogenated alkanes) is 2. The standard InChI is InChI=1S/C19H26ClN3O2/c1-5-7-8-11-21-18-19(25-4)23-17(16(6-2)22-18)14-10-9-13(24-3)12-15(14)20/h9-10,12H,5-8,11H2,1-4H3,(H,21,22). The van der Waals surface area contributed by atoms with E-state index in [1.807, 2.05) is 12.1 Å². The SMILES string of the molecule is CCCCCNc1nc(CC)c(-c2ccc(OC)cc2Cl)nc1OC. The highest BCUT2D eigenvalue weighted by molar-refractivity contribution is 6.33. The van der Waals surface area contributed by atoms with Crippen LogP contribution in [0.1, 0.15) is 38.8 Å². The predicted octanol–water partition coefficient (Wildman–Crippen LogP) is 4.98. The van der Waals surface area contributed by atoms with Crippen molar-refractivity contribution in [1.82, 2.24) is 9.97 Å². The van der Waals surface area contributed by atoms with E-state index in [1.54, 1.807) is 20.3 Å². The Morgan fingerprint density at radius 3 is 2.48 bits per heavy atom. The van der Waals surface area contributed by atoms with E-state index < -0.39 is 0 Å². The number of halogens is 1. The lowest BCUT2D eigenvalue weighted by Gasteiger charge is -2.15. The van der Waals surface area contributed by atoms with Gasteiger partial charge in [0.2, 0.25) is 0 Å². The van der Waals surface area contributed by atoms with Crippen LogP contribution in [0.15, 0.2) is 18.2 Å². The molecular formula is C19H26ClN3O2. The average molecular weight is 364 g/mol. The van der Waals surface area contributed by atoms with Gasteiger partial charge in [-0.25, -0.2) is 9.97 Å². The summed E-state index contributed by atoms with van der Waals surface area (Å²) in [5.41, 5.74) is 2.44. The van der Waals surface area contributed by atoms with Crippen LogP contribution in [0.25, 0.3) is 11.3 Å². The Kier molecular flexibility index (Phi) is 7.31. The lowest BCUT2D eigenvalue weighted by atomic mass is 10.1. The van der Waals surface area contributed by atoms with Gasteiger partial charge in [-0.2, -0.15) is 0 Å². The molecule has 0 spiro atoms. The van der Waals surface area contributed by atoms with E-state index in [-0.39, 0.29) is 0 Å². The van der Waals surface area contributed by atoms with Crippen molar-refractivity contribution in [3.8, 4) is 22.9 Å². The van der Waals surface area contributed by atoms with Crippen molar-refractivity contribution in [2.75, 3.05) is 26.1 Å². The molecule has 1 N–H and O–H groups in total. The molecule has 2 rings (SSSR count). The molecule has 0 bridgehead atoms. The molecule has 1 aromatic heterocycles. The summed E-state index contributed by atoms with van der Waals surface area (Å²) in [6.45, 7) is 5.09. The second kappa shape index (κ2) is 9.47. The molecule has 0 aliphatic rings. The van der Waals surface area contributed by atoms with Crippen LogP contribution in [0, 0.1) is 0 Å². The number of methoxy groups -OCH3 is 2. The third-order valence-electron chi connectivity index (χ3n) is 3.97. The molecule has 0 aliphatic carbocycles. The number of aromatic nitrogens is 2. The normalized spacial score (nSPS) is 10.6. The average Bonchev–Trinajstić information content (AvgIpc) is 2.64. The summed E-state index contributed by atoms with van der Waals surface area (Å²) in [4.78, 5) is 9.41. The number of nitrogens with zero attached hydrogens (tertiary/aromatic N) is 2. The van der Waals surface area contributed by atoms with E-state index in [4.69, 9.17) is 26.1 Å². The highest BCUT2D eigenvalue weighted by atomic mass is 35.5. The van der Waals surface area contributed by atoms with E-state index in [9.17, 15) is 0 Å². The number of anilines is 1. The summed E-state index contributed by atoms with van der Waals surface area (Å²) >= 11 is 6.42. The van der Waals surface area contributed by atoms with Gasteiger partial charge in [0.1, 0.15) is 5.75 Å². The first-order valence-electron chi connectivity index (χ1n) is 8.67. The number of rotatable bonds is 9. The fourth-order valence-electron chi connectivity index (χ4n) is 2.57. The summed E-state index contributed by atoms with van der Waals surface area (Å²) < 4.78 is 10.7. The Morgan fingerprint density at radius 1 is 1.08 bits per heavy atom. The topological polar surface area (TPSA) is 56.3 Å². The van der Waals surface area contributed by atoms with Gasteiger partial charge in [-0.3, -0.25) is 0 Å². The van der Waals surface area contributed by atoms with Gasteiger partial charge in [-0.05, 0) is 31.0 Å². The van der Waals surface area contributed by atoms with Crippen molar-refractivity contribution < 1.29 is 9.47 Å². The van der Waals surface area contributed by atoms with Gasteiger partial charge in [0.15, 0.2) is 5.82 Å². The zero-order chi connectivity index (χ0) is 18.2. The molecule has 25 heavy (non-hydrogen) atoms. The summed E-state index contributed by atoms with van der Waals surface area (Å²) in [5, 5.41) is 3.91. The van der Waals surface area contributed by atoms with Gasteiger partial charge in [0.25, 0.3) is 5.88 Å². The highest BCUT2D eigenvalue weighted by Gasteiger charge is 2.17. The molecule has 0 amide bonds. The quantitative estimate of drug-likeness (QED) is 0.637. The van der Waals surface area contributed by atoms with Crippen molar-refractivity contribution in [3.63, 3.8) is 0 Å². The van der Waals surface area contributed by atoms with Crippen LogP contribution in [-0.4, -0.2) is 30.7 Å². The minimum Gasteiger partial charge on any atom is -0.497 e. The van der Waals surface area contributed by atoms with E-state index in [0.717, 1.165) is 36.3 Å². The summed E-state index contributed by atoms with van der Waals surface area (Å²) in [5.74, 6) is 1.88. The van der Waals surface area contributed by atoms with Gasteiger partial charge < -0.3 is 14.8 Å². The molecule has 0 saturated carbocycles. The lowest BCUT2D eigenvalue weighted by Crippen LogP contribution is -2.09. The number of ether oxygens (including phenoxy) is 2. The van der Waals surface area contributed by atoms with E-state index in [1.165, 1.54) is 12.8 Å². The van der Waals surface area contributed by atoms with Crippen LogP contribution in [0.4, 0.5) is 5.82 Å². The number of nitrogens with one attached hydrogen (secondary N) is 1. The van der Waals surface area contributed by atoms with Gasteiger partial charge in [0, 0.05) is 12.1 Å². The molecule has 0 atom stereocenters. The van der Waals surface area contributed by atoms with Crippen LogP contribution in [0.5, 0.6) is 11.6 Å². The minimum atomic E-state index is 0.482. The van der Waals surface area contributed by atoms with Crippen LogP contribution < -0.4 is 14.8 Å². The summed E-state index contributed by atoms with van der Waals surface area (Å²) in [6, 6.07) is 5.55. The Bertz CT molecular complexity index is 707. The van der Waals surface area contributed by atoms with Crippen molar-refractivity contribution >= 4 is 17.4 Å². The molecule has 0 radical (unpaired) electrons. The molecule has 6 heteroatoms. The molecule has 5 nitrogen and oxygen atoms in total. The smallest absolute Gasteiger partial charge is 0.257 e. The number of aryl methyl sites for hydroxylation is 1. The maximum Gasteiger partial charge on any atom is 0.257 e. The predicted molar refractivity (Wildman–Crippen MR) is 103 cm³/mol. The fourth-order valence-corrected chi connectivity index (χ4v) is 2.83. The summed E-state index contributed by atoms with van der Waals surface area (Å²) in [7, 11) is 3.22. The van der Waals surface area contributed by atoms with Crippen molar-refractivity contribution in [2.24, 2.45) is 0 Å². The first-order chi connectivity index (χ1) is 12.1. The maximum atomic E-state index is 6.42. The third-order valence-corrected chi connectivity index (χ3v) is 4.28. The van der Waals surface area contributed by atoms with Crippen LogP contribution in [-0.2, 0) is 6.42 Å². The van der Waals surface area contributed by atoms with Gasteiger partial charge >= 0.3 is 0 Å². The largest absolute Gasteiger partial charge is 0.497 e. The fraction of sp³-hybridized carbons (Fsp3) is 0.474. The zero-order valence-corrected chi connectivity index (χ0v) is 16.1. The van der Waals surface area contributed by atoms with Crippen LogP contribution >= 0.6 is 11.6 Å². The molecule has 0 unspecified atom stereocenters. The van der Waals surface area contributed by atoms with E-state index in [2.05, 4.69) is 24.1 Å². The van der Waals surface area contributed by atoms with E-state index in [0.29, 0.717) is 22.5 Å². The van der Waals surface area contributed by atoms with Crippen molar-refractivity contribution in [1.29, 1.82) is 0 Å². The van der Waals surface area contributed by atoms with Crippen LogP contribution in [0.3, 0.4) is 0 Å². The van der Waals surface area contributed by atoms with Gasteiger partial charge in [0.05, 0.1) is 30.6 Å². The Labute approximate surface area is 154 Å². The molecule has 0 saturated heterocycles. The van der Waals surface area contributed by atoms with Crippen LogP contribution in [0.2, 0.25) is 5.02 Å². The second-order valence-electron chi connectivity index (χ2n) is 5.71. The molecular weight excluding hydrogens is 338 g/mol. The molecule has 136 valence electrons. The Hall–Kier alpha value is -2.01.